The fourth-order valence-electron chi connectivity index (χ4n) is 4.32. The number of piperidine rings is 1. The Labute approximate surface area is 207 Å². The second-order valence-electron chi connectivity index (χ2n) is 8.85. The van der Waals surface area contributed by atoms with Crippen molar-refractivity contribution in [3.05, 3.63) is 46.0 Å². The van der Waals surface area contributed by atoms with Crippen LogP contribution in [-0.2, 0) is 26.5 Å². The molecule has 0 radical (unpaired) electrons. The van der Waals surface area contributed by atoms with Crippen LogP contribution >= 0.6 is 11.3 Å². The molecule has 2 aliphatic heterocycles. The number of rotatable bonds is 6. The minimum atomic E-state index is -1.67. The Morgan fingerprint density at radius 3 is 3.00 bits per heavy atom. The SMILES string of the molecule is CCOC(=O)N1CCC[C@@H](c2csc(NC(=O)CNC(=O)c3ccc4c(c3)[C@](C)(F)COC4)n2)C1. The van der Waals surface area contributed by atoms with Crippen molar-refractivity contribution in [1.29, 1.82) is 0 Å². The lowest BCUT2D eigenvalue weighted by Crippen LogP contribution is -2.39. The monoisotopic (exact) mass is 504 g/mol. The molecule has 9 nitrogen and oxygen atoms in total. The van der Waals surface area contributed by atoms with Gasteiger partial charge in [0, 0.05) is 30.0 Å². The highest BCUT2D eigenvalue weighted by atomic mass is 32.1. The van der Waals surface area contributed by atoms with Gasteiger partial charge in [0.05, 0.1) is 32.1 Å². The summed E-state index contributed by atoms with van der Waals surface area (Å²) >= 11 is 1.29. The van der Waals surface area contributed by atoms with E-state index in [4.69, 9.17) is 9.47 Å². The molecule has 2 aromatic rings. The number of thiazole rings is 1. The average molecular weight is 505 g/mol. The molecule has 11 heteroatoms. The van der Waals surface area contributed by atoms with E-state index in [1.54, 1.807) is 24.0 Å². The molecule has 1 aromatic heterocycles. The Bertz CT molecular complexity index is 1110. The zero-order valence-electron chi connectivity index (χ0n) is 19.8. The van der Waals surface area contributed by atoms with Gasteiger partial charge in [0.15, 0.2) is 10.8 Å². The molecule has 0 unspecified atom stereocenters. The minimum absolute atomic E-state index is 0.0645. The number of alkyl halides is 1. The first kappa shape index (κ1) is 25.1. The number of likely N-dealkylation sites (tertiary alicyclic amines) is 1. The summed E-state index contributed by atoms with van der Waals surface area (Å²) in [6.07, 6.45) is 1.43. The number of hydrogen-bond donors (Lipinski definition) is 2. The number of anilines is 1. The summed E-state index contributed by atoms with van der Waals surface area (Å²) in [4.78, 5) is 43.1. The Morgan fingerprint density at radius 1 is 1.37 bits per heavy atom. The second kappa shape index (κ2) is 10.7. The van der Waals surface area contributed by atoms with Crippen LogP contribution in [-0.4, -0.2) is 60.6 Å². The number of amides is 3. The van der Waals surface area contributed by atoms with E-state index in [9.17, 15) is 18.8 Å². The van der Waals surface area contributed by atoms with Gasteiger partial charge in [-0.1, -0.05) is 6.07 Å². The van der Waals surface area contributed by atoms with E-state index >= 15 is 0 Å². The van der Waals surface area contributed by atoms with Crippen LogP contribution < -0.4 is 10.6 Å². The highest BCUT2D eigenvalue weighted by molar-refractivity contribution is 7.13. The van der Waals surface area contributed by atoms with E-state index in [-0.39, 0.29) is 30.7 Å². The predicted molar refractivity (Wildman–Crippen MR) is 128 cm³/mol. The number of fused-ring (bicyclic) bond motifs is 1. The lowest BCUT2D eigenvalue weighted by molar-refractivity contribution is -0.115. The maximum Gasteiger partial charge on any atom is 0.409 e. The number of ether oxygens (including phenoxy) is 2. The zero-order chi connectivity index (χ0) is 25.0. The van der Waals surface area contributed by atoms with Crippen LogP contribution in [0.15, 0.2) is 23.6 Å². The van der Waals surface area contributed by atoms with E-state index in [1.165, 1.54) is 24.3 Å². The standard InChI is InChI=1S/C24H29FN4O5S/c1-3-34-23(32)29-8-4-5-16(11-29)19-13-35-22(27-19)28-20(30)10-26-21(31)15-6-7-17-12-33-14-24(2,25)18(17)9-15/h6-7,9,13,16H,3-5,8,10-12,14H2,1-2H3,(H,26,31)(H,27,28,30)/t16-,24-/m1/s1. The number of halogens is 1. The zero-order valence-corrected chi connectivity index (χ0v) is 20.6. The summed E-state index contributed by atoms with van der Waals surface area (Å²) in [6.45, 7) is 4.70. The van der Waals surface area contributed by atoms with Gasteiger partial charge in [-0.15, -0.1) is 11.3 Å². The van der Waals surface area contributed by atoms with Gasteiger partial charge in [0.1, 0.15) is 0 Å². The minimum Gasteiger partial charge on any atom is -0.450 e. The summed E-state index contributed by atoms with van der Waals surface area (Å²) in [5, 5.41) is 7.56. The van der Waals surface area contributed by atoms with Crippen LogP contribution in [0.4, 0.5) is 14.3 Å². The fourth-order valence-corrected chi connectivity index (χ4v) is 5.12. The smallest absolute Gasteiger partial charge is 0.409 e. The molecule has 0 bridgehead atoms. The Balaban J connectivity index is 1.30. The summed E-state index contributed by atoms with van der Waals surface area (Å²) in [7, 11) is 0. The summed E-state index contributed by atoms with van der Waals surface area (Å²) in [5.41, 5.74) is 0.562. The van der Waals surface area contributed by atoms with Gasteiger partial charge in [-0.25, -0.2) is 14.2 Å². The van der Waals surface area contributed by atoms with Gasteiger partial charge in [-0.05, 0) is 49.9 Å². The highest BCUT2D eigenvalue weighted by Crippen LogP contribution is 2.34. The molecule has 2 aliphatic rings. The van der Waals surface area contributed by atoms with Crippen LogP contribution in [0, 0.1) is 0 Å². The van der Waals surface area contributed by atoms with Crippen molar-refractivity contribution in [1.82, 2.24) is 15.2 Å². The van der Waals surface area contributed by atoms with Gasteiger partial charge >= 0.3 is 6.09 Å². The number of nitrogens with zero attached hydrogens (tertiary/aromatic N) is 2. The lowest BCUT2D eigenvalue weighted by atomic mass is 9.90. The molecule has 2 N–H and O–H groups in total. The van der Waals surface area contributed by atoms with Crippen molar-refractivity contribution >= 4 is 34.4 Å². The van der Waals surface area contributed by atoms with Crippen molar-refractivity contribution in [2.75, 3.05) is 38.2 Å². The molecule has 188 valence electrons. The number of carbonyl (C=O) groups is 3. The molecule has 1 saturated heterocycles. The third-order valence-corrected chi connectivity index (χ3v) is 6.88. The molecule has 2 atom stereocenters. The molecule has 1 fully saturated rings. The van der Waals surface area contributed by atoms with Crippen LogP contribution in [0.3, 0.4) is 0 Å². The third kappa shape index (κ3) is 5.96. The number of hydrogen-bond acceptors (Lipinski definition) is 7. The quantitative estimate of drug-likeness (QED) is 0.623. The van der Waals surface area contributed by atoms with Gasteiger partial charge < -0.3 is 25.0 Å². The van der Waals surface area contributed by atoms with Crippen molar-refractivity contribution in [2.45, 2.75) is 44.9 Å². The van der Waals surface area contributed by atoms with Crippen LogP contribution in [0.25, 0.3) is 0 Å². The van der Waals surface area contributed by atoms with E-state index in [1.807, 2.05) is 5.38 Å². The molecule has 4 rings (SSSR count). The van der Waals surface area contributed by atoms with Crippen molar-refractivity contribution in [3.8, 4) is 0 Å². The van der Waals surface area contributed by atoms with Gasteiger partial charge in [0.2, 0.25) is 5.91 Å². The van der Waals surface area contributed by atoms with E-state index in [2.05, 4.69) is 15.6 Å². The molecule has 3 heterocycles. The average Bonchev–Trinajstić information content (AvgIpc) is 3.31. The number of carbonyl (C=O) groups excluding carboxylic acids is 3. The Hall–Kier alpha value is -3.05. The van der Waals surface area contributed by atoms with E-state index in [0.717, 1.165) is 18.5 Å². The van der Waals surface area contributed by atoms with Gasteiger partial charge in [0.25, 0.3) is 5.91 Å². The van der Waals surface area contributed by atoms with Crippen LogP contribution in [0.1, 0.15) is 59.8 Å². The molecule has 35 heavy (non-hydrogen) atoms. The largest absolute Gasteiger partial charge is 0.450 e. The highest BCUT2D eigenvalue weighted by Gasteiger charge is 2.33. The van der Waals surface area contributed by atoms with Crippen LogP contribution in [0.5, 0.6) is 0 Å². The first-order valence-electron chi connectivity index (χ1n) is 11.6. The number of nitrogens with one attached hydrogen (secondary N) is 2. The molecule has 3 amide bonds. The summed E-state index contributed by atoms with van der Waals surface area (Å²) < 4.78 is 25.1. The van der Waals surface area contributed by atoms with Gasteiger partial charge in [-0.2, -0.15) is 0 Å². The molecule has 1 aromatic carbocycles. The van der Waals surface area contributed by atoms with E-state index < -0.39 is 17.5 Å². The summed E-state index contributed by atoms with van der Waals surface area (Å²) in [5.74, 6) is -0.811. The number of aromatic nitrogens is 1. The lowest BCUT2D eigenvalue weighted by Gasteiger charge is -2.31. The van der Waals surface area contributed by atoms with Gasteiger partial charge in [-0.3, -0.25) is 9.59 Å². The topological polar surface area (TPSA) is 110 Å². The normalized spacial score (nSPS) is 21.7. The first-order valence-corrected chi connectivity index (χ1v) is 12.5. The second-order valence-corrected chi connectivity index (χ2v) is 9.71. The Morgan fingerprint density at radius 2 is 2.20 bits per heavy atom. The third-order valence-electron chi connectivity index (χ3n) is 6.11. The molecular weight excluding hydrogens is 475 g/mol. The van der Waals surface area contributed by atoms with E-state index in [0.29, 0.717) is 42.6 Å². The summed E-state index contributed by atoms with van der Waals surface area (Å²) in [6, 6.07) is 4.78. The van der Waals surface area contributed by atoms with Crippen molar-refractivity contribution < 1.29 is 28.2 Å². The molecule has 0 saturated carbocycles. The molecule has 0 spiro atoms. The predicted octanol–water partition coefficient (Wildman–Crippen LogP) is 3.56. The first-order chi connectivity index (χ1) is 16.8. The molecular formula is C24H29FN4O5S. The number of benzene rings is 1. The maximum absolute atomic E-state index is 14.7. The maximum atomic E-state index is 14.7. The molecule has 0 aliphatic carbocycles. The van der Waals surface area contributed by atoms with Crippen molar-refractivity contribution in [3.63, 3.8) is 0 Å². The van der Waals surface area contributed by atoms with Crippen LogP contribution in [0.2, 0.25) is 0 Å². The Kier molecular flexibility index (Phi) is 7.66. The van der Waals surface area contributed by atoms with Crippen molar-refractivity contribution in [2.24, 2.45) is 0 Å². The fraction of sp³-hybridized carbons (Fsp3) is 0.500.